The van der Waals surface area contributed by atoms with Crippen molar-refractivity contribution in [3.05, 3.63) is 34.7 Å². The zero-order valence-corrected chi connectivity index (χ0v) is 25.2. The Morgan fingerprint density at radius 1 is 1.18 bits per heavy atom. The van der Waals surface area contributed by atoms with Crippen molar-refractivity contribution >= 4 is 49.9 Å². The highest BCUT2D eigenvalue weighted by atomic mass is 32.1. The van der Waals surface area contributed by atoms with E-state index in [4.69, 9.17) is 9.72 Å². The van der Waals surface area contributed by atoms with Gasteiger partial charge in [-0.05, 0) is 72.1 Å². The standard InChI is InChI=1S/C29H40N4O3S2/c1-8-19(4)33(28(35)36-29(5,6)7)16-14-24(34)31-27-25(26-30-21-11-9-10-12-22(21)37-26)20-13-15-32(18(2)3)17-23(20)38-27/h9-12,18-19H,8,13-17H2,1-7H3,(H,31,34). The van der Waals surface area contributed by atoms with Crippen molar-refractivity contribution in [3.63, 3.8) is 0 Å². The Bertz CT molecular complexity index is 1260. The van der Waals surface area contributed by atoms with E-state index in [1.807, 2.05) is 52.8 Å². The third-order valence-corrected chi connectivity index (χ3v) is 9.09. The predicted molar refractivity (Wildman–Crippen MR) is 158 cm³/mol. The summed E-state index contributed by atoms with van der Waals surface area (Å²) in [5.41, 5.74) is 2.76. The molecule has 0 bridgehead atoms. The lowest BCUT2D eigenvalue weighted by atomic mass is 10.0. The number of benzene rings is 1. The number of ether oxygens (including phenoxy) is 1. The van der Waals surface area contributed by atoms with Crippen LogP contribution >= 0.6 is 22.7 Å². The average Bonchev–Trinajstić information content (AvgIpc) is 3.42. The Balaban J connectivity index is 1.58. The van der Waals surface area contributed by atoms with Gasteiger partial charge in [0.25, 0.3) is 0 Å². The summed E-state index contributed by atoms with van der Waals surface area (Å²) in [5, 5.41) is 5.01. The molecule has 38 heavy (non-hydrogen) atoms. The number of nitrogens with one attached hydrogen (secondary N) is 1. The fraction of sp³-hybridized carbons (Fsp3) is 0.552. The van der Waals surface area contributed by atoms with E-state index in [9.17, 15) is 9.59 Å². The molecule has 1 N–H and O–H groups in total. The highest BCUT2D eigenvalue weighted by molar-refractivity contribution is 7.22. The first-order valence-electron chi connectivity index (χ1n) is 13.5. The Labute approximate surface area is 234 Å². The van der Waals surface area contributed by atoms with Crippen molar-refractivity contribution in [2.45, 2.75) is 92.0 Å². The number of amides is 2. The lowest BCUT2D eigenvalue weighted by molar-refractivity contribution is -0.116. The van der Waals surface area contributed by atoms with Gasteiger partial charge in [0.1, 0.15) is 15.6 Å². The molecule has 1 atom stereocenters. The Hall–Kier alpha value is -2.49. The SMILES string of the molecule is CCC(C)N(CCC(=O)Nc1sc2c(c1-c1nc3ccccc3s1)CCN(C(C)C)C2)C(=O)OC(C)(C)C. The molecule has 1 unspecified atom stereocenters. The van der Waals surface area contributed by atoms with E-state index >= 15 is 0 Å². The summed E-state index contributed by atoms with van der Waals surface area (Å²) >= 11 is 3.33. The molecule has 0 radical (unpaired) electrons. The molecule has 9 heteroatoms. The largest absolute Gasteiger partial charge is 0.444 e. The second-order valence-corrected chi connectivity index (χ2v) is 13.4. The van der Waals surface area contributed by atoms with Crippen LogP contribution in [-0.4, -0.2) is 57.6 Å². The molecule has 3 aromatic rings. The van der Waals surface area contributed by atoms with Crippen molar-refractivity contribution < 1.29 is 14.3 Å². The van der Waals surface area contributed by atoms with E-state index in [0.717, 1.165) is 51.7 Å². The van der Waals surface area contributed by atoms with Crippen molar-refractivity contribution in [3.8, 4) is 10.6 Å². The summed E-state index contributed by atoms with van der Waals surface area (Å²) < 4.78 is 6.75. The van der Waals surface area contributed by atoms with Crippen LogP contribution < -0.4 is 5.32 Å². The van der Waals surface area contributed by atoms with Crippen LogP contribution in [0.25, 0.3) is 20.8 Å². The van der Waals surface area contributed by atoms with E-state index in [1.165, 1.54) is 10.4 Å². The van der Waals surface area contributed by atoms with E-state index < -0.39 is 5.60 Å². The summed E-state index contributed by atoms with van der Waals surface area (Å²) in [6, 6.07) is 8.61. The van der Waals surface area contributed by atoms with Gasteiger partial charge in [-0.15, -0.1) is 22.7 Å². The van der Waals surface area contributed by atoms with Crippen LogP contribution in [0, 0.1) is 0 Å². The minimum atomic E-state index is -0.586. The molecule has 0 aliphatic carbocycles. The van der Waals surface area contributed by atoms with Crippen LogP contribution in [0.3, 0.4) is 0 Å². The zero-order chi connectivity index (χ0) is 27.6. The van der Waals surface area contributed by atoms with Gasteiger partial charge in [-0.1, -0.05) is 19.1 Å². The van der Waals surface area contributed by atoms with E-state index in [2.05, 4.69) is 30.1 Å². The van der Waals surface area contributed by atoms with Crippen LogP contribution in [0.1, 0.15) is 71.7 Å². The monoisotopic (exact) mass is 556 g/mol. The van der Waals surface area contributed by atoms with Crippen LogP contribution in [0.2, 0.25) is 0 Å². The number of para-hydroxylation sites is 1. The number of rotatable bonds is 8. The molecule has 1 aliphatic rings. The summed E-state index contributed by atoms with van der Waals surface area (Å²) in [4.78, 5) is 36.5. The van der Waals surface area contributed by atoms with Crippen LogP contribution in [0.4, 0.5) is 9.80 Å². The molecule has 2 aromatic heterocycles. The van der Waals surface area contributed by atoms with Crippen LogP contribution in [-0.2, 0) is 22.5 Å². The van der Waals surface area contributed by atoms with Crippen molar-refractivity contribution in [1.29, 1.82) is 0 Å². The number of carbonyl (C=O) groups excluding carboxylic acids is 2. The molecule has 0 saturated heterocycles. The predicted octanol–water partition coefficient (Wildman–Crippen LogP) is 7.16. The lowest BCUT2D eigenvalue weighted by Gasteiger charge is -2.31. The Morgan fingerprint density at radius 3 is 2.58 bits per heavy atom. The van der Waals surface area contributed by atoms with Gasteiger partial charge in [-0.25, -0.2) is 9.78 Å². The molecule has 0 fully saturated rings. The molecule has 0 saturated carbocycles. The fourth-order valence-electron chi connectivity index (χ4n) is 4.60. The number of aromatic nitrogens is 1. The smallest absolute Gasteiger partial charge is 0.410 e. The minimum absolute atomic E-state index is 0.0213. The average molecular weight is 557 g/mol. The summed E-state index contributed by atoms with van der Waals surface area (Å²) in [5.74, 6) is -0.108. The molecular weight excluding hydrogens is 516 g/mol. The van der Waals surface area contributed by atoms with Gasteiger partial charge in [0, 0.05) is 48.6 Å². The van der Waals surface area contributed by atoms with Gasteiger partial charge in [0.2, 0.25) is 5.91 Å². The minimum Gasteiger partial charge on any atom is -0.444 e. The number of anilines is 1. The maximum absolute atomic E-state index is 13.3. The maximum Gasteiger partial charge on any atom is 0.410 e. The lowest BCUT2D eigenvalue weighted by Crippen LogP contribution is -2.43. The van der Waals surface area contributed by atoms with E-state index in [0.29, 0.717) is 12.6 Å². The summed E-state index contributed by atoms with van der Waals surface area (Å²) in [6.07, 6.45) is 1.54. The topological polar surface area (TPSA) is 74.8 Å². The van der Waals surface area contributed by atoms with Gasteiger partial charge in [0.15, 0.2) is 0 Å². The number of hydrogen-bond donors (Lipinski definition) is 1. The highest BCUT2D eigenvalue weighted by Gasteiger charge is 2.29. The maximum atomic E-state index is 13.3. The summed E-state index contributed by atoms with van der Waals surface area (Å²) in [6.45, 7) is 16.2. The van der Waals surface area contributed by atoms with Gasteiger partial charge in [0.05, 0.1) is 10.2 Å². The fourth-order valence-corrected chi connectivity index (χ4v) is 7.00. The molecule has 0 spiro atoms. The number of nitrogens with zero attached hydrogens (tertiary/aromatic N) is 3. The van der Waals surface area contributed by atoms with Gasteiger partial charge < -0.3 is 15.0 Å². The molecule has 7 nitrogen and oxygen atoms in total. The quantitative estimate of drug-likeness (QED) is 0.319. The third kappa shape index (κ3) is 6.55. The number of fused-ring (bicyclic) bond motifs is 2. The molecule has 3 heterocycles. The molecular formula is C29H40N4O3S2. The van der Waals surface area contributed by atoms with Crippen LogP contribution in [0.15, 0.2) is 24.3 Å². The molecule has 1 aromatic carbocycles. The normalized spacial score (nSPS) is 14.9. The highest BCUT2D eigenvalue weighted by Crippen LogP contribution is 2.46. The summed E-state index contributed by atoms with van der Waals surface area (Å²) in [7, 11) is 0. The number of thiophene rings is 1. The van der Waals surface area contributed by atoms with Gasteiger partial charge in [-0.2, -0.15) is 0 Å². The number of carbonyl (C=O) groups is 2. The van der Waals surface area contributed by atoms with E-state index in [1.54, 1.807) is 27.6 Å². The molecule has 2 amide bonds. The van der Waals surface area contributed by atoms with Crippen molar-refractivity contribution in [2.24, 2.45) is 0 Å². The number of thiazole rings is 1. The van der Waals surface area contributed by atoms with Gasteiger partial charge >= 0.3 is 6.09 Å². The van der Waals surface area contributed by atoms with Crippen LogP contribution in [0.5, 0.6) is 0 Å². The van der Waals surface area contributed by atoms with Gasteiger partial charge in [-0.3, -0.25) is 9.69 Å². The first-order chi connectivity index (χ1) is 18.0. The molecule has 206 valence electrons. The second kappa shape index (κ2) is 11.7. The third-order valence-electron chi connectivity index (χ3n) is 6.91. The van der Waals surface area contributed by atoms with Crippen molar-refractivity contribution in [2.75, 3.05) is 18.4 Å². The Morgan fingerprint density at radius 2 is 1.92 bits per heavy atom. The second-order valence-electron chi connectivity index (χ2n) is 11.2. The first-order valence-corrected chi connectivity index (χ1v) is 15.1. The van der Waals surface area contributed by atoms with E-state index in [-0.39, 0.29) is 24.5 Å². The molecule has 1 aliphatic heterocycles. The number of hydrogen-bond acceptors (Lipinski definition) is 7. The zero-order valence-electron chi connectivity index (χ0n) is 23.6. The van der Waals surface area contributed by atoms with Crippen molar-refractivity contribution in [1.82, 2.24) is 14.8 Å². The molecule has 4 rings (SSSR count). The first kappa shape index (κ1) is 28.5. The Kier molecular flexibility index (Phi) is 8.79.